The average molecular weight is 299 g/mol. The van der Waals surface area contributed by atoms with Gasteiger partial charge in [-0.05, 0) is 6.07 Å². The number of thioether (sulfide) groups is 1. The van der Waals surface area contributed by atoms with Crippen molar-refractivity contribution in [3.05, 3.63) is 35.6 Å². The molecule has 1 aromatic carbocycles. The Bertz CT molecular complexity index is 467. The van der Waals surface area contributed by atoms with Crippen molar-refractivity contribution in [3.8, 4) is 0 Å². The molecule has 0 bridgehead atoms. The summed E-state index contributed by atoms with van der Waals surface area (Å²) in [5.41, 5.74) is 0.452. The number of carbonyl (C=O) groups is 2. The second-order valence-electron chi connectivity index (χ2n) is 4.27. The van der Waals surface area contributed by atoms with Gasteiger partial charge in [-0.15, -0.1) is 11.8 Å². The number of esters is 1. The van der Waals surface area contributed by atoms with Crippen LogP contribution in [0.25, 0.3) is 0 Å². The minimum Gasteiger partial charge on any atom is -0.469 e. The average Bonchev–Trinajstić information content (AvgIpc) is 2.44. The Hall–Kier alpha value is -1.56. The number of nitrogens with one attached hydrogen (secondary N) is 1. The second kappa shape index (κ2) is 8.58. The van der Waals surface area contributed by atoms with Gasteiger partial charge < -0.3 is 10.1 Å². The molecule has 0 fully saturated rings. The Labute approximate surface area is 122 Å². The molecule has 0 aliphatic carbocycles. The van der Waals surface area contributed by atoms with Crippen LogP contribution in [0.15, 0.2) is 24.3 Å². The van der Waals surface area contributed by atoms with E-state index in [1.54, 1.807) is 18.2 Å². The van der Waals surface area contributed by atoms with E-state index in [-0.39, 0.29) is 41.7 Å². The summed E-state index contributed by atoms with van der Waals surface area (Å²) in [6.07, 6.45) is 0.266. The van der Waals surface area contributed by atoms with Crippen molar-refractivity contribution in [1.82, 2.24) is 5.32 Å². The van der Waals surface area contributed by atoms with Gasteiger partial charge in [0.05, 0.1) is 19.3 Å². The van der Waals surface area contributed by atoms with E-state index in [9.17, 15) is 14.0 Å². The second-order valence-corrected chi connectivity index (χ2v) is 5.70. The molecule has 0 heterocycles. The molecule has 6 heteroatoms. The maximum atomic E-state index is 13.3. The molecule has 1 aromatic rings. The van der Waals surface area contributed by atoms with Crippen molar-refractivity contribution in [1.29, 1.82) is 0 Å². The van der Waals surface area contributed by atoms with Crippen LogP contribution < -0.4 is 5.32 Å². The Balaban J connectivity index is 2.27. The first kappa shape index (κ1) is 16.5. The monoisotopic (exact) mass is 299 g/mol. The van der Waals surface area contributed by atoms with Gasteiger partial charge in [0.25, 0.3) is 0 Å². The highest BCUT2D eigenvalue weighted by molar-refractivity contribution is 8.00. The molecule has 0 aliphatic heterocycles. The third kappa shape index (κ3) is 6.06. The van der Waals surface area contributed by atoms with Crippen LogP contribution >= 0.6 is 11.8 Å². The van der Waals surface area contributed by atoms with Crippen molar-refractivity contribution >= 4 is 23.6 Å². The predicted molar refractivity (Wildman–Crippen MR) is 76.8 cm³/mol. The number of hydrogen-bond acceptors (Lipinski definition) is 4. The largest absolute Gasteiger partial charge is 0.469 e. The fourth-order valence-corrected chi connectivity index (χ4v) is 2.27. The number of benzene rings is 1. The maximum absolute atomic E-state index is 13.3. The summed E-state index contributed by atoms with van der Waals surface area (Å²) in [5, 5.41) is 2.65. The number of hydrogen-bond donors (Lipinski definition) is 1. The van der Waals surface area contributed by atoms with Crippen LogP contribution in [-0.2, 0) is 20.9 Å². The van der Waals surface area contributed by atoms with E-state index in [1.807, 2.05) is 6.92 Å². The molecule has 4 nitrogen and oxygen atoms in total. The lowest BCUT2D eigenvalue weighted by atomic mass is 10.2. The van der Waals surface area contributed by atoms with Crippen molar-refractivity contribution in [3.63, 3.8) is 0 Å². The van der Waals surface area contributed by atoms with Gasteiger partial charge in [0.15, 0.2) is 0 Å². The van der Waals surface area contributed by atoms with Gasteiger partial charge in [-0.25, -0.2) is 4.39 Å². The predicted octanol–water partition coefficient (Wildman–Crippen LogP) is 2.13. The van der Waals surface area contributed by atoms with Crippen LogP contribution in [-0.4, -0.2) is 30.0 Å². The highest BCUT2D eigenvalue weighted by atomic mass is 32.2. The van der Waals surface area contributed by atoms with Gasteiger partial charge in [-0.1, -0.05) is 25.1 Å². The third-order valence-corrected chi connectivity index (χ3v) is 3.78. The Morgan fingerprint density at radius 1 is 1.40 bits per heavy atom. The standard InChI is InChI=1S/C14H18FNO3S/c1-10(7-14(18)19-2)20-9-13(17)16-8-11-5-3-4-6-12(11)15/h3-6,10H,7-9H2,1-2H3,(H,16,17). The molecule has 0 aromatic heterocycles. The number of ether oxygens (including phenoxy) is 1. The molecule has 0 spiro atoms. The van der Waals surface area contributed by atoms with Crippen LogP contribution in [0, 0.1) is 5.82 Å². The lowest BCUT2D eigenvalue weighted by Crippen LogP contribution is -2.26. The van der Waals surface area contributed by atoms with Gasteiger partial charge in [0, 0.05) is 17.4 Å². The molecule has 1 unspecified atom stereocenters. The minimum absolute atomic E-state index is 0.00154. The first-order chi connectivity index (χ1) is 9.52. The summed E-state index contributed by atoms with van der Waals surface area (Å²) in [7, 11) is 1.33. The molecule has 0 saturated heterocycles. The summed E-state index contributed by atoms with van der Waals surface area (Å²) in [6.45, 7) is 2.02. The SMILES string of the molecule is COC(=O)CC(C)SCC(=O)NCc1ccccc1F. The van der Waals surface area contributed by atoms with Gasteiger partial charge in [-0.3, -0.25) is 9.59 Å². The fraction of sp³-hybridized carbons (Fsp3) is 0.429. The first-order valence-electron chi connectivity index (χ1n) is 6.21. The third-order valence-electron chi connectivity index (χ3n) is 2.61. The molecule has 0 saturated carbocycles. The Kier molecular flexibility index (Phi) is 7.08. The van der Waals surface area contributed by atoms with E-state index in [0.717, 1.165) is 0 Å². The number of methoxy groups -OCH3 is 1. The molecule has 110 valence electrons. The smallest absolute Gasteiger partial charge is 0.306 e. The Morgan fingerprint density at radius 3 is 2.75 bits per heavy atom. The van der Waals surface area contributed by atoms with Crippen LogP contribution in [0.2, 0.25) is 0 Å². The van der Waals surface area contributed by atoms with Crippen LogP contribution in [0.3, 0.4) is 0 Å². The molecule has 1 atom stereocenters. The number of carbonyl (C=O) groups excluding carboxylic acids is 2. The quantitative estimate of drug-likeness (QED) is 0.784. The fourth-order valence-electron chi connectivity index (χ4n) is 1.48. The van der Waals surface area contributed by atoms with Crippen LogP contribution in [0.4, 0.5) is 4.39 Å². The first-order valence-corrected chi connectivity index (χ1v) is 7.26. The zero-order valence-corrected chi connectivity index (χ0v) is 12.3. The van der Waals surface area contributed by atoms with E-state index in [4.69, 9.17) is 0 Å². The molecule has 1 rings (SSSR count). The molecule has 1 N–H and O–H groups in total. The lowest BCUT2D eigenvalue weighted by Gasteiger charge is -2.10. The number of amides is 1. The van der Waals surface area contributed by atoms with Crippen LogP contribution in [0.5, 0.6) is 0 Å². The van der Waals surface area contributed by atoms with E-state index in [0.29, 0.717) is 5.56 Å². The molecular formula is C14H18FNO3S. The topological polar surface area (TPSA) is 55.4 Å². The molecule has 0 radical (unpaired) electrons. The van der Waals surface area contributed by atoms with Crippen molar-refractivity contribution in [2.24, 2.45) is 0 Å². The Morgan fingerprint density at radius 2 is 2.10 bits per heavy atom. The lowest BCUT2D eigenvalue weighted by molar-refractivity contribution is -0.140. The summed E-state index contributed by atoms with van der Waals surface area (Å²) >= 11 is 1.36. The number of rotatable bonds is 7. The summed E-state index contributed by atoms with van der Waals surface area (Å²) in [5.74, 6) is -0.585. The molecular weight excluding hydrogens is 281 g/mol. The van der Waals surface area contributed by atoms with E-state index in [2.05, 4.69) is 10.1 Å². The molecule has 20 heavy (non-hydrogen) atoms. The highest BCUT2D eigenvalue weighted by Gasteiger charge is 2.12. The van der Waals surface area contributed by atoms with E-state index < -0.39 is 0 Å². The van der Waals surface area contributed by atoms with Gasteiger partial charge >= 0.3 is 5.97 Å². The zero-order valence-electron chi connectivity index (χ0n) is 11.5. The summed E-state index contributed by atoms with van der Waals surface area (Å²) in [6, 6.07) is 6.31. The van der Waals surface area contributed by atoms with Gasteiger partial charge in [-0.2, -0.15) is 0 Å². The van der Waals surface area contributed by atoms with Gasteiger partial charge in [0.2, 0.25) is 5.91 Å². The van der Waals surface area contributed by atoms with Gasteiger partial charge in [0.1, 0.15) is 5.82 Å². The normalized spacial score (nSPS) is 11.8. The van der Waals surface area contributed by atoms with Crippen molar-refractivity contribution in [2.45, 2.75) is 25.1 Å². The summed E-state index contributed by atoms with van der Waals surface area (Å²) in [4.78, 5) is 22.7. The highest BCUT2D eigenvalue weighted by Crippen LogP contribution is 2.14. The molecule has 0 aliphatic rings. The summed E-state index contributed by atoms with van der Waals surface area (Å²) < 4.78 is 17.9. The zero-order chi connectivity index (χ0) is 15.0. The minimum atomic E-state index is -0.334. The van der Waals surface area contributed by atoms with Crippen LogP contribution in [0.1, 0.15) is 18.9 Å². The van der Waals surface area contributed by atoms with Crippen molar-refractivity contribution in [2.75, 3.05) is 12.9 Å². The van der Waals surface area contributed by atoms with Crippen molar-refractivity contribution < 1.29 is 18.7 Å². The van der Waals surface area contributed by atoms with E-state index >= 15 is 0 Å². The molecule has 1 amide bonds. The maximum Gasteiger partial charge on any atom is 0.306 e. The number of halogens is 1. The van der Waals surface area contributed by atoms with E-state index in [1.165, 1.54) is 24.9 Å².